The minimum absolute atomic E-state index is 0.160. The second-order valence-electron chi connectivity index (χ2n) is 12.0. The molecule has 0 aliphatic carbocycles. The lowest BCUT2D eigenvalue weighted by atomic mass is 9.92. The highest BCUT2D eigenvalue weighted by atomic mass is 16.5. The zero-order valence-corrected chi connectivity index (χ0v) is 29.2. The van der Waals surface area contributed by atoms with Gasteiger partial charge in [-0.15, -0.1) is 0 Å². The summed E-state index contributed by atoms with van der Waals surface area (Å²) in [5.41, 5.74) is 8.80. The van der Waals surface area contributed by atoms with Crippen LogP contribution in [0.3, 0.4) is 0 Å². The first-order chi connectivity index (χ1) is 24.1. The van der Waals surface area contributed by atoms with Gasteiger partial charge in [0.1, 0.15) is 12.1 Å². The molecule has 0 saturated carbocycles. The molecule has 2 atom stereocenters. The molecule has 5 amide bonds. The maximum atomic E-state index is 12.8. The molecule has 1 aliphatic rings. The van der Waals surface area contributed by atoms with Gasteiger partial charge < -0.3 is 47.1 Å². The Hall–Kier alpha value is -4.31. The normalized spacial score (nSPS) is 16.8. The summed E-state index contributed by atoms with van der Waals surface area (Å²) in [5.74, 6) is -2.98. The van der Waals surface area contributed by atoms with E-state index in [1.807, 2.05) is 12.1 Å². The molecule has 2 unspecified atom stereocenters. The van der Waals surface area contributed by atoms with E-state index in [2.05, 4.69) is 64.7 Å². The number of benzene rings is 2. The molecule has 2 aromatic rings. The van der Waals surface area contributed by atoms with Gasteiger partial charge in [-0.05, 0) is 73.9 Å². The van der Waals surface area contributed by atoms with E-state index in [0.717, 1.165) is 36.9 Å². The second kappa shape index (κ2) is 23.9. The van der Waals surface area contributed by atoms with Crippen LogP contribution >= 0.6 is 0 Å². The van der Waals surface area contributed by atoms with Crippen LogP contribution in [0.15, 0.2) is 48.5 Å². The SMILES string of the molecule is CCCCN.CCCCc1ccc(-c2ccc(C(=O)NCC(=O)NC3COCCCCC(C(=O)NCB(O)O)NC(=O)CNC3=O)cc2)cc1. The number of aryl methyl sites for hydroxylation is 1. The Morgan fingerprint density at radius 1 is 0.940 bits per heavy atom. The van der Waals surface area contributed by atoms with Crippen LogP contribution in [-0.2, 0) is 30.3 Å². The summed E-state index contributed by atoms with van der Waals surface area (Å²) in [4.78, 5) is 62.8. The van der Waals surface area contributed by atoms with E-state index in [1.165, 1.54) is 18.4 Å². The molecule has 15 heteroatoms. The minimum atomic E-state index is -1.73. The summed E-state index contributed by atoms with van der Waals surface area (Å²) in [6.45, 7) is 4.36. The first kappa shape index (κ1) is 41.9. The van der Waals surface area contributed by atoms with Gasteiger partial charge in [-0.25, -0.2) is 0 Å². The number of carbonyl (C=O) groups excluding carboxylic acids is 5. The zero-order chi connectivity index (χ0) is 36.7. The Balaban J connectivity index is 0.00000161. The Morgan fingerprint density at radius 3 is 2.20 bits per heavy atom. The molecule has 1 saturated heterocycles. The van der Waals surface area contributed by atoms with Crippen molar-refractivity contribution < 1.29 is 38.8 Å². The van der Waals surface area contributed by atoms with E-state index in [1.54, 1.807) is 12.1 Å². The predicted molar refractivity (Wildman–Crippen MR) is 192 cm³/mol. The van der Waals surface area contributed by atoms with Crippen LogP contribution in [0.25, 0.3) is 11.1 Å². The molecule has 0 radical (unpaired) electrons. The van der Waals surface area contributed by atoms with Crippen molar-refractivity contribution in [3.63, 3.8) is 0 Å². The third-order valence-corrected chi connectivity index (χ3v) is 7.72. The molecule has 0 bridgehead atoms. The molecular formula is C35H53BN6O8. The summed E-state index contributed by atoms with van der Waals surface area (Å²) >= 11 is 0. The summed E-state index contributed by atoms with van der Waals surface area (Å²) in [6, 6.07) is 13.3. The van der Waals surface area contributed by atoms with Crippen LogP contribution in [0.5, 0.6) is 0 Å². The van der Waals surface area contributed by atoms with Gasteiger partial charge in [-0.1, -0.05) is 63.1 Å². The molecule has 0 aromatic heterocycles. The molecule has 0 spiro atoms. The number of unbranched alkanes of at least 4 members (excludes halogenated alkanes) is 2. The lowest BCUT2D eigenvalue weighted by Crippen LogP contribution is -2.54. The standard InChI is InChI=1S/C31H42BN5O8.C4H11N/c1-2-3-6-21-8-10-22(11-9-21)23-12-14-24(15-13-23)29(40)33-17-28(39)37-26-19-45-16-5-4-7-25(30(41)35-20-32(43)44)36-27(38)18-34-31(26)42;1-2-3-4-5/h8-15,25-26,43-44H,2-7,16-20H2,1H3,(H,33,40)(H,34,42)(H,35,41)(H,36,38)(H,37,39);2-5H2,1H3. The van der Waals surface area contributed by atoms with Crippen LogP contribution in [0.4, 0.5) is 0 Å². The summed E-state index contributed by atoms with van der Waals surface area (Å²) < 4.78 is 5.56. The van der Waals surface area contributed by atoms with Crippen molar-refractivity contribution in [1.82, 2.24) is 26.6 Å². The van der Waals surface area contributed by atoms with E-state index in [4.69, 9.17) is 20.5 Å². The fraction of sp³-hybridized carbons (Fsp3) is 0.514. The molecule has 14 nitrogen and oxygen atoms in total. The maximum absolute atomic E-state index is 12.8. The highest BCUT2D eigenvalue weighted by Gasteiger charge is 2.25. The monoisotopic (exact) mass is 696 g/mol. The van der Waals surface area contributed by atoms with Crippen LogP contribution in [-0.4, -0.2) is 98.1 Å². The van der Waals surface area contributed by atoms with E-state index < -0.39 is 61.7 Å². The Morgan fingerprint density at radius 2 is 1.60 bits per heavy atom. The molecule has 2 aromatic carbocycles. The van der Waals surface area contributed by atoms with E-state index >= 15 is 0 Å². The predicted octanol–water partition coefficient (Wildman–Crippen LogP) is 0.586. The number of amides is 5. The van der Waals surface area contributed by atoms with Crippen molar-refractivity contribution in [3.8, 4) is 11.1 Å². The number of ether oxygens (including phenoxy) is 1. The number of rotatable bonds is 13. The van der Waals surface area contributed by atoms with Crippen LogP contribution in [0.2, 0.25) is 0 Å². The third-order valence-electron chi connectivity index (χ3n) is 7.72. The van der Waals surface area contributed by atoms with E-state index in [9.17, 15) is 24.0 Å². The van der Waals surface area contributed by atoms with Crippen molar-refractivity contribution in [1.29, 1.82) is 0 Å². The molecular weight excluding hydrogens is 643 g/mol. The van der Waals surface area contributed by atoms with Crippen molar-refractivity contribution >= 4 is 36.7 Å². The maximum Gasteiger partial charge on any atom is 0.472 e. The number of carbonyl (C=O) groups is 5. The van der Waals surface area contributed by atoms with Crippen molar-refractivity contribution in [2.75, 3.05) is 39.3 Å². The highest BCUT2D eigenvalue weighted by molar-refractivity contribution is 6.41. The lowest BCUT2D eigenvalue weighted by Gasteiger charge is -2.19. The number of hydrogen-bond acceptors (Lipinski definition) is 9. The van der Waals surface area contributed by atoms with Crippen LogP contribution < -0.4 is 32.3 Å². The van der Waals surface area contributed by atoms with Gasteiger partial charge in [0.05, 0.1) is 26.1 Å². The van der Waals surface area contributed by atoms with Gasteiger partial charge >= 0.3 is 7.12 Å². The molecule has 3 rings (SSSR count). The second-order valence-corrected chi connectivity index (χ2v) is 12.0. The van der Waals surface area contributed by atoms with E-state index in [-0.39, 0.29) is 26.2 Å². The van der Waals surface area contributed by atoms with E-state index in [0.29, 0.717) is 18.4 Å². The average Bonchev–Trinajstić information content (AvgIpc) is 3.13. The first-order valence-corrected chi connectivity index (χ1v) is 17.3. The largest absolute Gasteiger partial charge is 0.472 e. The summed E-state index contributed by atoms with van der Waals surface area (Å²) in [7, 11) is -1.73. The molecule has 9 N–H and O–H groups in total. The third kappa shape index (κ3) is 16.4. The van der Waals surface area contributed by atoms with Gasteiger partial charge in [0.2, 0.25) is 23.6 Å². The first-order valence-electron chi connectivity index (χ1n) is 17.3. The van der Waals surface area contributed by atoms with Gasteiger partial charge in [0.15, 0.2) is 0 Å². The van der Waals surface area contributed by atoms with Crippen molar-refractivity contribution in [2.24, 2.45) is 5.73 Å². The Labute approximate surface area is 294 Å². The minimum Gasteiger partial charge on any atom is -0.426 e. The lowest BCUT2D eigenvalue weighted by molar-refractivity contribution is -0.132. The number of hydrogen-bond donors (Lipinski definition) is 8. The van der Waals surface area contributed by atoms with Crippen LogP contribution in [0.1, 0.15) is 74.7 Å². The molecule has 1 heterocycles. The van der Waals surface area contributed by atoms with Crippen molar-refractivity contribution in [2.45, 2.75) is 77.3 Å². The molecule has 274 valence electrons. The average molecular weight is 697 g/mol. The molecule has 1 fully saturated rings. The van der Waals surface area contributed by atoms with Gasteiger partial charge in [-0.3, -0.25) is 24.0 Å². The Kier molecular flexibility index (Phi) is 20.1. The smallest absolute Gasteiger partial charge is 0.426 e. The fourth-order valence-corrected chi connectivity index (χ4v) is 4.83. The van der Waals surface area contributed by atoms with Crippen LogP contribution in [0, 0.1) is 0 Å². The number of nitrogens with two attached hydrogens (primary N) is 1. The van der Waals surface area contributed by atoms with Gasteiger partial charge in [0.25, 0.3) is 5.91 Å². The number of nitrogens with one attached hydrogen (secondary N) is 5. The topological polar surface area (TPSA) is 221 Å². The highest BCUT2D eigenvalue weighted by Crippen LogP contribution is 2.21. The van der Waals surface area contributed by atoms with Gasteiger partial charge in [-0.2, -0.15) is 0 Å². The quantitative estimate of drug-likeness (QED) is 0.137. The molecule has 1 aliphatic heterocycles. The van der Waals surface area contributed by atoms with Gasteiger partial charge in [0, 0.05) is 12.2 Å². The van der Waals surface area contributed by atoms with Crippen molar-refractivity contribution in [3.05, 3.63) is 59.7 Å². The summed E-state index contributed by atoms with van der Waals surface area (Å²) in [5, 5.41) is 30.3. The summed E-state index contributed by atoms with van der Waals surface area (Å²) in [6.07, 6.45) is 6.59. The fourth-order valence-electron chi connectivity index (χ4n) is 4.83. The molecule has 50 heavy (non-hydrogen) atoms. The Bertz CT molecular complexity index is 1340. The zero-order valence-electron chi connectivity index (χ0n) is 29.2.